The van der Waals surface area contributed by atoms with Gasteiger partial charge in [-0.1, -0.05) is 0 Å². The maximum Gasteiger partial charge on any atom is 0.239 e. The van der Waals surface area contributed by atoms with Crippen LogP contribution in [0.2, 0.25) is 0 Å². The van der Waals surface area contributed by atoms with Gasteiger partial charge in [-0.25, -0.2) is 0 Å². The number of nitrogens with one attached hydrogen (secondary N) is 2. The predicted octanol–water partition coefficient (Wildman–Crippen LogP) is 1.65. The van der Waals surface area contributed by atoms with Crippen molar-refractivity contribution in [2.24, 2.45) is 0 Å². The summed E-state index contributed by atoms with van der Waals surface area (Å²) in [5, 5.41) is 5.88. The van der Waals surface area contributed by atoms with E-state index in [9.17, 15) is 4.79 Å². The van der Waals surface area contributed by atoms with Gasteiger partial charge in [0.15, 0.2) is 0 Å². The van der Waals surface area contributed by atoms with Gasteiger partial charge in [-0.3, -0.25) is 4.79 Å². The Balaban J connectivity index is 2.15. The number of ether oxygens (including phenoxy) is 2. The number of hydrogen-bond donors (Lipinski definition) is 2. The molecule has 1 aromatic carbocycles. The molecule has 2 N–H and O–H groups in total. The summed E-state index contributed by atoms with van der Waals surface area (Å²) in [6, 6.07) is 7.45. The number of amides is 1. The van der Waals surface area contributed by atoms with E-state index in [0.29, 0.717) is 19.8 Å². The first-order valence-electron chi connectivity index (χ1n) is 6.48. The minimum absolute atomic E-state index is 0.0210. The summed E-state index contributed by atoms with van der Waals surface area (Å²) < 4.78 is 10.2. The SMILES string of the molecule is CCOCCCNC(=O)CNc1ccc(OC)cc1. The Morgan fingerprint density at radius 3 is 2.63 bits per heavy atom. The molecule has 0 radical (unpaired) electrons. The molecule has 5 nitrogen and oxygen atoms in total. The Morgan fingerprint density at radius 1 is 1.26 bits per heavy atom. The zero-order chi connectivity index (χ0) is 13.9. The van der Waals surface area contributed by atoms with Crippen LogP contribution in [0.25, 0.3) is 0 Å². The third kappa shape index (κ3) is 6.67. The Labute approximate surface area is 114 Å². The van der Waals surface area contributed by atoms with E-state index in [-0.39, 0.29) is 12.5 Å². The van der Waals surface area contributed by atoms with Crippen molar-refractivity contribution in [2.45, 2.75) is 13.3 Å². The van der Waals surface area contributed by atoms with Crippen LogP contribution in [0.3, 0.4) is 0 Å². The molecular formula is C14H22N2O3. The van der Waals surface area contributed by atoms with Gasteiger partial charge in [-0.05, 0) is 37.6 Å². The zero-order valence-corrected chi connectivity index (χ0v) is 11.6. The van der Waals surface area contributed by atoms with Gasteiger partial charge in [0.1, 0.15) is 5.75 Å². The summed E-state index contributed by atoms with van der Waals surface area (Å²) in [6.07, 6.45) is 0.835. The number of anilines is 1. The van der Waals surface area contributed by atoms with Crippen LogP contribution >= 0.6 is 0 Å². The van der Waals surface area contributed by atoms with Gasteiger partial charge in [0, 0.05) is 25.4 Å². The van der Waals surface area contributed by atoms with E-state index in [1.807, 2.05) is 31.2 Å². The van der Waals surface area contributed by atoms with Crippen LogP contribution in [0.1, 0.15) is 13.3 Å². The molecule has 1 rings (SSSR count). The third-order valence-electron chi connectivity index (χ3n) is 2.53. The normalized spacial score (nSPS) is 10.0. The molecule has 106 valence electrons. The fourth-order valence-corrected chi connectivity index (χ4v) is 1.50. The van der Waals surface area contributed by atoms with E-state index in [2.05, 4.69) is 10.6 Å². The van der Waals surface area contributed by atoms with Crippen LogP contribution in [-0.2, 0) is 9.53 Å². The second-order valence-corrected chi connectivity index (χ2v) is 3.98. The van der Waals surface area contributed by atoms with Crippen LogP contribution in [0, 0.1) is 0 Å². The lowest BCUT2D eigenvalue weighted by Crippen LogP contribution is -2.31. The van der Waals surface area contributed by atoms with Gasteiger partial charge >= 0.3 is 0 Å². The highest BCUT2D eigenvalue weighted by atomic mass is 16.5. The van der Waals surface area contributed by atoms with Crippen molar-refractivity contribution in [3.05, 3.63) is 24.3 Å². The van der Waals surface area contributed by atoms with E-state index in [4.69, 9.17) is 9.47 Å². The van der Waals surface area contributed by atoms with Crippen molar-refractivity contribution in [1.29, 1.82) is 0 Å². The summed E-state index contributed by atoms with van der Waals surface area (Å²) in [6.45, 7) is 4.26. The minimum Gasteiger partial charge on any atom is -0.497 e. The largest absolute Gasteiger partial charge is 0.497 e. The molecular weight excluding hydrogens is 244 g/mol. The molecule has 1 amide bonds. The highest BCUT2D eigenvalue weighted by Gasteiger charge is 2.00. The molecule has 0 saturated carbocycles. The minimum atomic E-state index is -0.0210. The van der Waals surface area contributed by atoms with Crippen LogP contribution in [0.15, 0.2) is 24.3 Å². The molecule has 0 bridgehead atoms. The molecule has 0 aliphatic heterocycles. The van der Waals surface area contributed by atoms with Crippen LogP contribution in [0.4, 0.5) is 5.69 Å². The summed E-state index contributed by atoms with van der Waals surface area (Å²) in [7, 11) is 1.62. The quantitative estimate of drug-likeness (QED) is 0.667. The van der Waals surface area contributed by atoms with Crippen molar-refractivity contribution < 1.29 is 14.3 Å². The fourth-order valence-electron chi connectivity index (χ4n) is 1.50. The highest BCUT2D eigenvalue weighted by Crippen LogP contribution is 2.14. The van der Waals surface area contributed by atoms with E-state index >= 15 is 0 Å². The van der Waals surface area contributed by atoms with E-state index < -0.39 is 0 Å². The number of carbonyl (C=O) groups excluding carboxylic acids is 1. The second-order valence-electron chi connectivity index (χ2n) is 3.98. The van der Waals surface area contributed by atoms with Gasteiger partial charge in [0.2, 0.25) is 5.91 Å². The molecule has 0 fully saturated rings. The van der Waals surface area contributed by atoms with Crippen LogP contribution in [0.5, 0.6) is 5.75 Å². The number of benzene rings is 1. The third-order valence-corrected chi connectivity index (χ3v) is 2.53. The molecule has 0 spiro atoms. The number of methoxy groups -OCH3 is 1. The average molecular weight is 266 g/mol. The Morgan fingerprint density at radius 2 is 2.00 bits per heavy atom. The molecule has 5 heteroatoms. The standard InChI is InChI=1S/C14H22N2O3/c1-3-19-10-4-9-15-14(17)11-16-12-5-7-13(18-2)8-6-12/h5-8,16H,3-4,9-11H2,1-2H3,(H,15,17). The molecule has 0 atom stereocenters. The molecule has 0 aliphatic carbocycles. The smallest absolute Gasteiger partial charge is 0.239 e. The maximum atomic E-state index is 11.5. The number of hydrogen-bond acceptors (Lipinski definition) is 4. The van der Waals surface area contributed by atoms with Gasteiger partial charge in [0.05, 0.1) is 13.7 Å². The maximum absolute atomic E-state index is 11.5. The zero-order valence-electron chi connectivity index (χ0n) is 11.6. The molecule has 0 aromatic heterocycles. The first kappa shape index (κ1) is 15.3. The Bertz CT molecular complexity index is 365. The summed E-state index contributed by atoms with van der Waals surface area (Å²) in [5.41, 5.74) is 0.894. The molecule has 19 heavy (non-hydrogen) atoms. The molecule has 1 aromatic rings. The second kappa shape index (κ2) is 9.22. The topological polar surface area (TPSA) is 59.6 Å². The Hall–Kier alpha value is -1.75. The van der Waals surface area contributed by atoms with Crippen molar-refractivity contribution in [3.63, 3.8) is 0 Å². The van der Waals surface area contributed by atoms with Gasteiger partial charge in [-0.2, -0.15) is 0 Å². The van der Waals surface area contributed by atoms with Crippen molar-refractivity contribution in [1.82, 2.24) is 5.32 Å². The molecule has 0 unspecified atom stereocenters. The monoisotopic (exact) mass is 266 g/mol. The van der Waals surface area contributed by atoms with Gasteiger partial charge in [-0.15, -0.1) is 0 Å². The molecule has 0 saturated heterocycles. The predicted molar refractivity (Wildman–Crippen MR) is 75.6 cm³/mol. The van der Waals surface area contributed by atoms with Crippen molar-refractivity contribution >= 4 is 11.6 Å². The van der Waals surface area contributed by atoms with E-state index in [0.717, 1.165) is 17.9 Å². The van der Waals surface area contributed by atoms with Crippen LogP contribution < -0.4 is 15.4 Å². The van der Waals surface area contributed by atoms with Gasteiger partial charge in [0.25, 0.3) is 0 Å². The lowest BCUT2D eigenvalue weighted by atomic mass is 10.3. The molecule has 0 aliphatic rings. The number of rotatable bonds is 9. The molecule has 0 heterocycles. The summed E-state index contributed by atoms with van der Waals surface area (Å²) in [4.78, 5) is 11.5. The fraction of sp³-hybridized carbons (Fsp3) is 0.500. The van der Waals surface area contributed by atoms with Crippen LogP contribution in [-0.4, -0.2) is 39.3 Å². The summed E-state index contributed by atoms with van der Waals surface area (Å²) in [5.74, 6) is 0.776. The number of carbonyl (C=O) groups is 1. The van der Waals surface area contributed by atoms with E-state index in [1.165, 1.54) is 0 Å². The van der Waals surface area contributed by atoms with E-state index in [1.54, 1.807) is 7.11 Å². The lowest BCUT2D eigenvalue weighted by molar-refractivity contribution is -0.119. The first-order chi connectivity index (χ1) is 9.26. The highest BCUT2D eigenvalue weighted by molar-refractivity contribution is 5.80. The van der Waals surface area contributed by atoms with Crippen molar-refractivity contribution in [3.8, 4) is 5.75 Å². The summed E-state index contributed by atoms with van der Waals surface area (Å²) >= 11 is 0. The average Bonchev–Trinajstić information content (AvgIpc) is 2.45. The lowest BCUT2D eigenvalue weighted by Gasteiger charge is -2.08. The van der Waals surface area contributed by atoms with Gasteiger partial charge < -0.3 is 20.1 Å². The van der Waals surface area contributed by atoms with Crippen molar-refractivity contribution in [2.75, 3.05) is 38.7 Å². The Kier molecular flexibility index (Phi) is 7.43. The first-order valence-corrected chi connectivity index (χ1v) is 6.48.